The SMILES string of the molecule is N[C@@H](CSc1ccc2ccccc2c1)C(=O)N[C@H](C(=O)O)[C@H]1O[C@@H](n2ccc(=O)[nH]c2=O)[C@H](O)[C@@H]1O. The van der Waals surface area contributed by atoms with Crippen LogP contribution in [0.2, 0.25) is 0 Å². The number of nitrogens with zero attached hydrogens (tertiary/aromatic N) is 1. The first kappa shape index (κ1) is 25.6. The molecule has 190 valence electrons. The molecule has 1 aliphatic rings. The van der Waals surface area contributed by atoms with E-state index in [9.17, 15) is 34.5 Å². The lowest BCUT2D eigenvalue weighted by atomic mass is 10.0. The number of nitrogens with two attached hydrogens (primary N) is 1. The quantitative estimate of drug-likeness (QED) is 0.202. The molecule has 13 heteroatoms. The number of ether oxygens (including phenoxy) is 1. The van der Waals surface area contributed by atoms with Crippen LogP contribution >= 0.6 is 11.8 Å². The molecule has 0 spiro atoms. The van der Waals surface area contributed by atoms with Gasteiger partial charge in [0, 0.05) is 22.9 Å². The van der Waals surface area contributed by atoms with Crippen LogP contribution in [0.4, 0.5) is 0 Å². The average Bonchev–Trinajstić information content (AvgIpc) is 3.14. The van der Waals surface area contributed by atoms with Crippen molar-refractivity contribution >= 4 is 34.4 Å². The number of carbonyl (C=O) groups excluding carboxylic acids is 1. The van der Waals surface area contributed by atoms with Crippen LogP contribution in [-0.2, 0) is 14.3 Å². The molecule has 1 aliphatic heterocycles. The molecule has 0 bridgehead atoms. The van der Waals surface area contributed by atoms with Crippen molar-refractivity contribution in [2.24, 2.45) is 5.73 Å². The maximum Gasteiger partial charge on any atom is 0.330 e. The normalized spacial score (nSPS) is 23.3. The van der Waals surface area contributed by atoms with Crippen LogP contribution in [-0.4, -0.2) is 72.9 Å². The molecule has 12 nitrogen and oxygen atoms in total. The number of hydrogen-bond donors (Lipinski definition) is 6. The Morgan fingerprint density at radius 2 is 1.83 bits per heavy atom. The number of H-pyrrole nitrogens is 1. The number of thioether (sulfide) groups is 1. The third-order valence-corrected chi connectivity index (χ3v) is 6.89. The number of carboxylic acid groups (broad SMARTS) is 1. The minimum absolute atomic E-state index is 0.141. The number of hydrogen-bond acceptors (Lipinski definition) is 9. The summed E-state index contributed by atoms with van der Waals surface area (Å²) in [6.45, 7) is 0. The van der Waals surface area contributed by atoms with Crippen LogP contribution in [0.15, 0.2) is 69.2 Å². The van der Waals surface area contributed by atoms with Gasteiger partial charge in [0.1, 0.15) is 18.3 Å². The van der Waals surface area contributed by atoms with Crippen LogP contribution < -0.4 is 22.3 Å². The summed E-state index contributed by atoms with van der Waals surface area (Å²) in [5.41, 5.74) is 4.37. The molecule has 4 rings (SSSR count). The number of rotatable bonds is 8. The lowest BCUT2D eigenvalue weighted by molar-refractivity contribution is -0.149. The fourth-order valence-electron chi connectivity index (χ4n) is 3.88. The summed E-state index contributed by atoms with van der Waals surface area (Å²) in [7, 11) is 0. The second kappa shape index (κ2) is 10.6. The van der Waals surface area contributed by atoms with Gasteiger partial charge in [-0.3, -0.25) is 19.1 Å². The number of aliphatic hydroxyl groups is 2. The van der Waals surface area contributed by atoms with Crippen LogP contribution in [0.1, 0.15) is 6.23 Å². The minimum Gasteiger partial charge on any atom is -0.480 e. The average molecular weight is 517 g/mol. The second-order valence-corrected chi connectivity index (χ2v) is 9.33. The van der Waals surface area contributed by atoms with E-state index >= 15 is 0 Å². The van der Waals surface area contributed by atoms with Gasteiger partial charge in [-0.25, -0.2) is 9.59 Å². The third kappa shape index (κ3) is 5.34. The molecule has 1 saturated heterocycles. The van der Waals surface area contributed by atoms with Crippen molar-refractivity contribution in [1.82, 2.24) is 14.9 Å². The third-order valence-electron chi connectivity index (χ3n) is 5.78. The highest BCUT2D eigenvalue weighted by Crippen LogP contribution is 2.30. The number of aliphatic carboxylic acids is 1. The second-order valence-electron chi connectivity index (χ2n) is 8.24. The van der Waals surface area contributed by atoms with Crippen molar-refractivity contribution in [3.8, 4) is 0 Å². The van der Waals surface area contributed by atoms with Gasteiger partial charge in [-0.1, -0.05) is 30.3 Å². The molecule has 0 radical (unpaired) electrons. The van der Waals surface area contributed by atoms with E-state index in [0.717, 1.165) is 32.5 Å². The molecule has 7 N–H and O–H groups in total. The van der Waals surface area contributed by atoms with E-state index in [0.29, 0.717) is 0 Å². The Morgan fingerprint density at radius 1 is 1.11 bits per heavy atom. The molecule has 0 saturated carbocycles. The molecule has 0 unspecified atom stereocenters. The van der Waals surface area contributed by atoms with Crippen molar-refractivity contribution in [2.75, 3.05) is 5.75 Å². The number of aliphatic hydroxyl groups excluding tert-OH is 2. The Kier molecular flexibility index (Phi) is 7.56. The first-order chi connectivity index (χ1) is 17.2. The monoisotopic (exact) mass is 516 g/mol. The molecule has 6 atom stereocenters. The topological polar surface area (TPSA) is 197 Å². The van der Waals surface area contributed by atoms with Gasteiger partial charge in [0.25, 0.3) is 5.56 Å². The van der Waals surface area contributed by atoms with Gasteiger partial charge in [0.2, 0.25) is 5.91 Å². The molecule has 2 heterocycles. The number of aromatic nitrogens is 2. The van der Waals surface area contributed by atoms with E-state index in [-0.39, 0.29) is 5.75 Å². The summed E-state index contributed by atoms with van der Waals surface area (Å²) < 4.78 is 6.27. The maximum absolute atomic E-state index is 12.7. The smallest absolute Gasteiger partial charge is 0.330 e. The maximum atomic E-state index is 12.7. The van der Waals surface area contributed by atoms with Gasteiger partial charge in [0.15, 0.2) is 12.3 Å². The first-order valence-electron chi connectivity index (χ1n) is 10.9. The number of amides is 1. The molecule has 1 aromatic heterocycles. The number of benzene rings is 2. The summed E-state index contributed by atoms with van der Waals surface area (Å²) in [6.07, 6.45) is -5.54. The number of aromatic amines is 1. The zero-order valence-corrected chi connectivity index (χ0v) is 19.5. The summed E-state index contributed by atoms with van der Waals surface area (Å²) in [6, 6.07) is 11.7. The van der Waals surface area contributed by atoms with Gasteiger partial charge >= 0.3 is 11.7 Å². The molecular weight excluding hydrogens is 492 g/mol. The molecule has 36 heavy (non-hydrogen) atoms. The zero-order valence-electron chi connectivity index (χ0n) is 18.7. The summed E-state index contributed by atoms with van der Waals surface area (Å²) in [5, 5.41) is 34.8. The number of fused-ring (bicyclic) bond motifs is 1. The Morgan fingerprint density at radius 3 is 2.53 bits per heavy atom. The Hall–Kier alpha value is -3.49. The summed E-state index contributed by atoms with van der Waals surface area (Å²) in [5.74, 6) is -2.20. The fourth-order valence-corrected chi connectivity index (χ4v) is 4.78. The van der Waals surface area contributed by atoms with Crippen LogP contribution in [0.25, 0.3) is 10.8 Å². The molecule has 0 aliphatic carbocycles. The van der Waals surface area contributed by atoms with Crippen molar-refractivity contribution in [2.45, 2.75) is 41.5 Å². The Labute approximate surface area is 207 Å². The van der Waals surface area contributed by atoms with Gasteiger partial charge in [-0.2, -0.15) is 0 Å². The molecule has 1 fully saturated rings. The van der Waals surface area contributed by atoms with Crippen LogP contribution in [0.3, 0.4) is 0 Å². The van der Waals surface area contributed by atoms with E-state index in [1.165, 1.54) is 11.8 Å². The molecular formula is C23H24N4O8S. The molecule has 1 amide bonds. The van der Waals surface area contributed by atoms with Gasteiger partial charge in [0.05, 0.1) is 6.04 Å². The van der Waals surface area contributed by atoms with Crippen molar-refractivity contribution in [3.63, 3.8) is 0 Å². The first-order valence-corrected chi connectivity index (χ1v) is 11.9. The largest absolute Gasteiger partial charge is 0.480 e. The molecule has 2 aromatic carbocycles. The van der Waals surface area contributed by atoms with Gasteiger partial charge < -0.3 is 31.1 Å². The standard InChI is InChI=1S/C23H24N4O8S/c24-14(10-36-13-6-5-11-3-1-2-4-12(11)9-13)20(31)26-16(22(32)33)19-17(29)18(30)21(35-19)27-8-7-15(28)25-23(27)34/h1-9,14,16-19,21,29-30H,10,24H2,(H,26,31)(H,32,33)(H,25,28,34)/t14-,16-,17-,18+,19+,21+/m0/s1. The number of nitrogens with one attached hydrogen (secondary N) is 2. The van der Waals surface area contributed by atoms with Crippen molar-refractivity contribution < 1.29 is 29.6 Å². The van der Waals surface area contributed by atoms with Gasteiger partial charge in [-0.05, 0) is 22.9 Å². The van der Waals surface area contributed by atoms with Crippen molar-refractivity contribution in [3.05, 3.63) is 75.6 Å². The van der Waals surface area contributed by atoms with E-state index < -0.39 is 59.7 Å². The number of carboxylic acids is 1. The highest BCUT2D eigenvalue weighted by Gasteiger charge is 2.50. The number of carbonyl (C=O) groups is 2. The van der Waals surface area contributed by atoms with Gasteiger partial charge in [-0.15, -0.1) is 11.8 Å². The Bertz CT molecular complexity index is 1390. The molecule has 3 aromatic rings. The van der Waals surface area contributed by atoms with Crippen LogP contribution in [0.5, 0.6) is 0 Å². The minimum atomic E-state index is -1.78. The lowest BCUT2D eigenvalue weighted by Gasteiger charge is -2.24. The van der Waals surface area contributed by atoms with Crippen LogP contribution in [0, 0.1) is 0 Å². The summed E-state index contributed by atoms with van der Waals surface area (Å²) in [4.78, 5) is 50.8. The lowest BCUT2D eigenvalue weighted by Crippen LogP contribution is -2.56. The van der Waals surface area contributed by atoms with E-state index in [2.05, 4.69) is 5.32 Å². The predicted molar refractivity (Wildman–Crippen MR) is 129 cm³/mol. The van der Waals surface area contributed by atoms with E-state index in [1.54, 1.807) is 0 Å². The zero-order chi connectivity index (χ0) is 26.0. The fraction of sp³-hybridized carbons (Fsp3) is 0.304. The predicted octanol–water partition coefficient (Wildman–Crippen LogP) is -1.00. The highest BCUT2D eigenvalue weighted by atomic mass is 32.2. The Balaban J connectivity index is 1.42. The van der Waals surface area contributed by atoms with E-state index in [4.69, 9.17) is 10.5 Å². The highest BCUT2D eigenvalue weighted by molar-refractivity contribution is 7.99. The van der Waals surface area contributed by atoms with Crippen molar-refractivity contribution in [1.29, 1.82) is 0 Å². The summed E-state index contributed by atoms with van der Waals surface area (Å²) >= 11 is 1.32. The van der Waals surface area contributed by atoms with E-state index in [1.807, 2.05) is 47.4 Å².